The molecule has 0 fully saturated rings. The quantitative estimate of drug-likeness (QED) is 0.704. The number of nitrogens with two attached hydrogens (primary N) is 1. The molecular weight excluding hydrogens is 172 g/mol. The van der Waals surface area contributed by atoms with Gasteiger partial charge in [0.05, 0.1) is 26.0 Å². The van der Waals surface area contributed by atoms with E-state index >= 15 is 0 Å². The van der Waals surface area contributed by atoms with Crippen LogP contribution in [0.2, 0.25) is 0 Å². The average molecular weight is 184 g/mol. The van der Waals surface area contributed by atoms with Gasteiger partial charge in [0, 0.05) is 6.54 Å². The van der Waals surface area contributed by atoms with Crippen molar-refractivity contribution in [3.63, 3.8) is 0 Å². The fourth-order valence-corrected chi connectivity index (χ4v) is 1.05. The Bertz CT molecular complexity index is 302. The molecule has 1 aromatic rings. The molecule has 3 N–H and O–H groups in total. The zero-order valence-corrected chi connectivity index (χ0v) is 7.57. The van der Waals surface area contributed by atoms with Crippen LogP contribution in [0.25, 0.3) is 0 Å². The van der Waals surface area contributed by atoms with E-state index in [1.807, 2.05) is 0 Å². The number of aromatic hydroxyl groups is 1. The highest BCUT2D eigenvalue weighted by atomic mass is 16.5. The maximum absolute atomic E-state index is 9.36. The Hall–Kier alpha value is -1.49. The van der Waals surface area contributed by atoms with Gasteiger partial charge >= 0.3 is 0 Å². The standard InChI is InChI=1S/C8H12N2O3/c1-12-7-5(3-9)6(11)4-10-8(7)13-2/h4,11H,3,9H2,1-2H3. The lowest BCUT2D eigenvalue weighted by molar-refractivity contribution is 0.334. The smallest absolute Gasteiger partial charge is 0.257 e. The Morgan fingerprint density at radius 3 is 2.62 bits per heavy atom. The van der Waals surface area contributed by atoms with Crippen molar-refractivity contribution in [2.45, 2.75) is 6.54 Å². The van der Waals surface area contributed by atoms with E-state index in [2.05, 4.69) is 4.98 Å². The van der Waals surface area contributed by atoms with E-state index in [4.69, 9.17) is 15.2 Å². The molecule has 0 unspecified atom stereocenters. The molecule has 0 bridgehead atoms. The zero-order valence-electron chi connectivity index (χ0n) is 7.57. The normalized spacial score (nSPS) is 9.77. The molecule has 0 radical (unpaired) electrons. The summed E-state index contributed by atoms with van der Waals surface area (Å²) in [5, 5.41) is 9.36. The number of hydrogen-bond acceptors (Lipinski definition) is 5. The fraction of sp³-hybridized carbons (Fsp3) is 0.375. The number of pyridine rings is 1. The van der Waals surface area contributed by atoms with Crippen molar-refractivity contribution in [1.82, 2.24) is 4.98 Å². The largest absolute Gasteiger partial charge is 0.506 e. The highest BCUT2D eigenvalue weighted by Gasteiger charge is 2.14. The first-order valence-electron chi connectivity index (χ1n) is 3.73. The molecule has 0 aromatic carbocycles. The van der Waals surface area contributed by atoms with E-state index in [1.165, 1.54) is 20.4 Å². The molecule has 0 aliphatic heterocycles. The molecule has 0 spiro atoms. The summed E-state index contributed by atoms with van der Waals surface area (Å²) >= 11 is 0. The fourth-order valence-electron chi connectivity index (χ4n) is 1.05. The molecule has 0 amide bonds. The molecule has 0 saturated heterocycles. The molecule has 1 rings (SSSR count). The van der Waals surface area contributed by atoms with Crippen molar-refractivity contribution in [3.05, 3.63) is 11.8 Å². The molecule has 13 heavy (non-hydrogen) atoms. The maximum atomic E-state index is 9.36. The first-order valence-corrected chi connectivity index (χ1v) is 3.73. The summed E-state index contributed by atoms with van der Waals surface area (Å²) in [5.41, 5.74) is 5.92. The molecule has 0 atom stereocenters. The lowest BCUT2D eigenvalue weighted by Gasteiger charge is -2.11. The summed E-state index contributed by atoms with van der Waals surface area (Å²) in [7, 11) is 2.94. The van der Waals surface area contributed by atoms with Crippen molar-refractivity contribution in [1.29, 1.82) is 0 Å². The third kappa shape index (κ3) is 1.65. The SMILES string of the molecule is COc1ncc(O)c(CN)c1OC. The van der Waals surface area contributed by atoms with Crippen molar-refractivity contribution >= 4 is 0 Å². The summed E-state index contributed by atoms with van der Waals surface area (Å²) in [6, 6.07) is 0. The number of rotatable bonds is 3. The van der Waals surface area contributed by atoms with Crippen molar-refractivity contribution < 1.29 is 14.6 Å². The highest BCUT2D eigenvalue weighted by Crippen LogP contribution is 2.33. The van der Waals surface area contributed by atoms with Gasteiger partial charge in [-0.15, -0.1) is 0 Å². The van der Waals surface area contributed by atoms with E-state index in [0.29, 0.717) is 17.2 Å². The Labute approximate surface area is 76.1 Å². The van der Waals surface area contributed by atoms with Crippen LogP contribution >= 0.6 is 0 Å². The predicted molar refractivity (Wildman–Crippen MR) is 46.9 cm³/mol. The van der Waals surface area contributed by atoms with Gasteiger partial charge in [0.1, 0.15) is 5.75 Å². The minimum absolute atomic E-state index is 0.0140. The van der Waals surface area contributed by atoms with Gasteiger partial charge in [0.15, 0.2) is 5.75 Å². The monoisotopic (exact) mass is 184 g/mol. The molecule has 1 heterocycles. The van der Waals surface area contributed by atoms with Gasteiger partial charge in [0.2, 0.25) is 0 Å². The van der Waals surface area contributed by atoms with Crippen LogP contribution in [0.3, 0.4) is 0 Å². The molecule has 1 aromatic heterocycles. The Morgan fingerprint density at radius 2 is 2.15 bits per heavy atom. The zero-order chi connectivity index (χ0) is 9.84. The van der Waals surface area contributed by atoms with Gasteiger partial charge in [-0.1, -0.05) is 0 Å². The van der Waals surface area contributed by atoms with Crippen LogP contribution in [0.15, 0.2) is 6.20 Å². The van der Waals surface area contributed by atoms with Gasteiger partial charge in [-0.2, -0.15) is 0 Å². The first kappa shape index (κ1) is 9.60. The van der Waals surface area contributed by atoms with Crippen LogP contribution in [-0.2, 0) is 6.54 Å². The lowest BCUT2D eigenvalue weighted by Crippen LogP contribution is -2.03. The van der Waals surface area contributed by atoms with Crippen molar-refractivity contribution in [3.8, 4) is 17.4 Å². The Balaban J connectivity index is 3.27. The molecule has 5 nitrogen and oxygen atoms in total. The topological polar surface area (TPSA) is 77.6 Å². The number of aromatic nitrogens is 1. The van der Waals surface area contributed by atoms with Gasteiger partial charge in [-0.05, 0) is 0 Å². The third-order valence-electron chi connectivity index (χ3n) is 1.68. The van der Waals surface area contributed by atoms with Crippen LogP contribution < -0.4 is 15.2 Å². The summed E-state index contributed by atoms with van der Waals surface area (Å²) in [6.07, 6.45) is 1.28. The van der Waals surface area contributed by atoms with Crippen LogP contribution in [-0.4, -0.2) is 24.3 Å². The molecule has 0 aliphatic rings. The minimum atomic E-state index is 0.0140. The summed E-state index contributed by atoms with van der Waals surface area (Å²) in [4.78, 5) is 3.82. The van der Waals surface area contributed by atoms with Crippen molar-refractivity contribution in [2.75, 3.05) is 14.2 Å². The maximum Gasteiger partial charge on any atom is 0.257 e. The lowest BCUT2D eigenvalue weighted by atomic mass is 10.2. The second-order valence-electron chi connectivity index (χ2n) is 2.37. The van der Waals surface area contributed by atoms with Crippen LogP contribution in [0.5, 0.6) is 17.4 Å². The third-order valence-corrected chi connectivity index (χ3v) is 1.68. The average Bonchev–Trinajstić information content (AvgIpc) is 2.17. The molecule has 0 aliphatic carbocycles. The molecule has 5 heteroatoms. The summed E-state index contributed by atoms with van der Waals surface area (Å²) in [6.45, 7) is 0.174. The molecule has 0 saturated carbocycles. The second-order valence-corrected chi connectivity index (χ2v) is 2.37. The Morgan fingerprint density at radius 1 is 1.46 bits per heavy atom. The van der Waals surface area contributed by atoms with Gasteiger partial charge in [-0.25, -0.2) is 4.98 Å². The van der Waals surface area contributed by atoms with Crippen LogP contribution in [0.4, 0.5) is 0 Å². The number of ether oxygens (including phenoxy) is 2. The van der Waals surface area contributed by atoms with E-state index in [0.717, 1.165) is 0 Å². The van der Waals surface area contributed by atoms with E-state index in [9.17, 15) is 5.11 Å². The van der Waals surface area contributed by atoms with Gasteiger partial charge in [-0.3, -0.25) is 0 Å². The number of nitrogens with zero attached hydrogens (tertiary/aromatic N) is 1. The van der Waals surface area contributed by atoms with Gasteiger partial charge < -0.3 is 20.3 Å². The van der Waals surface area contributed by atoms with Crippen LogP contribution in [0.1, 0.15) is 5.56 Å². The number of hydrogen-bond donors (Lipinski definition) is 2. The predicted octanol–water partition coefficient (Wildman–Crippen LogP) is 0.263. The minimum Gasteiger partial charge on any atom is -0.506 e. The van der Waals surface area contributed by atoms with E-state index in [-0.39, 0.29) is 12.3 Å². The van der Waals surface area contributed by atoms with E-state index in [1.54, 1.807) is 0 Å². The van der Waals surface area contributed by atoms with Gasteiger partial charge in [0.25, 0.3) is 5.88 Å². The van der Waals surface area contributed by atoms with Crippen LogP contribution in [0, 0.1) is 0 Å². The Kier molecular flexibility index (Phi) is 2.92. The second kappa shape index (κ2) is 3.95. The van der Waals surface area contributed by atoms with E-state index < -0.39 is 0 Å². The molecule has 72 valence electrons. The summed E-state index contributed by atoms with van der Waals surface area (Å²) in [5.74, 6) is 0.714. The van der Waals surface area contributed by atoms with Crippen molar-refractivity contribution in [2.24, 2.45) is 5.73 Å². The first-order chi connectivity index (χ1) is 6.24. The highest BCUT2D eigenvalue weighted by molar-refractivity contribution is 5.48. The summed E-state index contributed by atoms with van der Waals surface area (Å²) < 4.78 is 9.94. The number of methoxy groups -OCH3 is 2. The molecular formula is C8H12N2O3.